The van der Waals surface area contributed by atoms with Crippen LogP contribution in [0.4, 0.5) is 4.39 Å². The van der Waals surface area contributed by atoms with Gasteiger partial charge in [-0.05, 0) is 41.3 Å². The molecule has 1 aromatic heterocycles. The Kier molecular flexibility index (Phi) is 3.88. The van der Waals surface area contributed by atoms with Crippen LogP contribution in [0.1, 0.15) is 5.56 Å². The Labute approximate surface area is 122 Å². The van der Waals surface area contributed by atoms with Crippen LogP contribution >= 0.6 is 0 Å². The number of H-pyrrole nitrogens is 1. The fraction of sp³-hybridized carbons (Fsp3) is 0.176. The Bertz CT molecular complexity index is 721. The van der Waals surface area contributed by atoms with E-state index in [1.165, 1.54) is 12.1 Å². The number of aromatic nitrogens is 1. The monoisotopic (exact) mass is 285 g/mol. The number of benzene rings is 2. The molecule has 2 aromatic carbocycles. The molecule has 0 saturated carbocycles. The van der Waals surface area contributed by atoms with E-state index in [0.717, 1.165) is 16.5 Å². The van der Waals surface area contributed by atoms with Gasteiger partial charge in [-0.15, -0.1) is 0 Å². The minimum atomic E-state index is -0.630. The van der Waals surface area contributed by atoms with Crippen LogP contribution in [0.25, 0.3) is 10.9 Å². The van der Waals surface area contributed by atoms with Gasteiger partial charge in [-0.1, -0.05) is 12.1 Å². The first-order valence-electron chi connectivity index (χ1n) is 6.83. The van der Waals surface area contributed by atoms with Crippen LogP contribution < -0.4 is 4.74 Å². The summed E-state index contributed by atoms with van der Waals surface area (Å²) >= 11 is 0. The molecule has 2 N–H and O–H groups in total. The second-order valence-electron chi connectivity index (χ2n) is 5.02. The maximum absolute atomic E-state index is 12.8. The number of ether oxygens (including phenoxy) is 1. The zero-order valence-electron chi connectivity index (χ0n) is 11.4. The predicted molar refractivity (Wildman–Crippen MR) is 79.9 cm³/mol. The van der Waals surface area contributed by atoms with Gasteiger partial charge in [-0.2, -0.15) is 0 Å². The molecular weight excluding hydrogens is 269 g/mol. The van der Waals surface area contributed by atoms with Gasteiger partial charge in [0, 0.05) is 24.2 Å². The fourth-order valence-electron chi connectivity index (χ4n) is 2.26. The number of aliphatic hydroxyl groups is 1. The van der Waals surface area contributed by atoms with Crippen molar-refractivity contribution in [2.24, 2.45) is 0 Å². The first-order valence-corrected chi connectivity index (χ1v) is 6.83. The van der Waals surface area contributed by atoms with Crippen LogP contribution in [-0.2, 0) is 6.42 Å². The molecule has 1 heterocycles. The molecule has 3 rings (SSSR count). The highest BCUT2D eigenvalue weighted by atomic mass is 19.1. The highest BCUT2D eigenvalue weighted by Crippen LogP contribution is 2.19. The minimum Gasteiger partial charge on any atom is -0.491 e. The van der Waals surface area contributed by atoms with Crippen molar-refractivity contribution in [1.82, 2.24) is 4.98 Å². The Hall–Kier alpha value is -2.33. The van der Waals surface area contributed by atoms with Crippen LogP contribution in [0.2, 0.25) is 0 Å². The number of rotatable bonds is 5. The molecule has 108 valence electrons. The van der Waals surface area contributed by atoms with Crippen molar-refractivity contribution in [3.8, 4) is 5.75 Å². The Morgan fingerprint density at radius 1 is 1.10 bits per heavy atom. The average Bonchev–Trinajstić information content (AvgIpc) is 2.95. The van der Waals surface area contributed by atoms with Crippen molar-refractivity contribution in [3.05, 3.63) is 66.1 Å². The number of fused-ring (bicyclic) bond motifs is 1. The van der Waals surface area contributed by atoms with Crippen molar-refractivity contribution in [2.45, 2.75) is 12.5 Å². The number of hydrogen-bond donors (Lipinski definition) is 2. The van der Waals surface area contributed by atoms with Crippen LogP contribution in [-0.4, -0.2) is 22.8 Å². The van der Waals surface area contributed by atoms with Crippen molar-refractivity contribution >= 4 is 10.9 Å². The number of aromatic amines is 1. The van der Waals surface area contributed by atoms with Crippen LogP contribution in [0, 0.1) is 5.82 Å². The van der Waals surface area contributed by atoms with E-state index in [9.17, 15) is 9.50 Å². The topological polar surface area (TPSA) is 45.2 Å². The number of aliphatic hydroxyl groups excluding tert-OH is 1. The highest BCUT2D eigenvalue weighted by molar-refractivity contribution is 5.80. The third kappa shape index (κ3) is 3.41. The van der Waals surface area contributed by atoms with E-state index in [0.29, 0.717) is 12.2 Å². The van der Waals surface area contributed by atoms with E-state index in [-0.39, 0.29) is 12.4 Å². The van der Waals surface area contributed by atoms with Gasteiger partial charge in [0.1, 0.15) is 18.2 Å². The fourth-order valence-corrected chi connectivity index (χ4v) is 2.26. The van der Waals surface area contributed by atoms with E-state index in [4.69, 9.17) is 4.74 Å². The van der Waals surface area contributed by atoms with Gasteiger partial charge in [0.25, 0.3) is 0 Å². The number of halogens is 1. The number of nitrogens with one attached hydrogen (secondary N) is 1. The predicted octanol–water partition coefficient (Wildman–Crippen LogP) is 3.29. The summed E-state index contributed by atoms with van der Waals surface area (Å²) in [6.07, 6.45) is 1.68. The molecule has 0 aliphatic carbocycles. The highest BCUT2D eigenvalue weighted by Gasteiger charge is 2.07. The third-order valence-corrected chi connectivity index (χ3v) is 3.35. The minimum absolute atomic E-state index is 0.198. The quantitative estimate of drug-likeness (QED) is 0.755. The SMILES string of the molecule is OC(COc1ccc2cc[nH]c2c1)Cc1ccc(F)cc1. The van der Waals surface area contributed by atoms with Gasteiger partial charge in [-0.25, -0.2) is 4.39 Å². The van der Waals surface area contributed by atoms with Crippen molar-refractivity contribution in [1.29, 1.82) is 0 Å². The summed E-state index contributed by atoms with van der Waals surface area (Å²) in [6.45, 7) is 0.198. The zero-order chi connectivity index (χ0) is 14.7. The molecular formula is C17H16FNO2. The lowest BCUT2D eigenvalue weighted by atomic mass is 10.1. The van der Waals surface area contributed by atoms with Crippen LogP contribution in [0.15, 0.2) is 54.7 Å². The Morgan fingerprint density at radius 2 is 1.90 bits per heavy atom. The van der Waals surface area contributed by atoms with E-state index < -0.39 is 6.10 Å². The van der Waals surface area contributed by atoms with Gasteiger partial charge in [-0.3, -0.25) is 0 Å². The molecule has 3 nitrogen and oxygen atoms in total. The van der Waals surface area contributed by atoms with Gasteiger partial charge in [0.2, 0.25) is 0 Å². The van der Waals surface area contributed by atoms with Gasteiger partial charge < -0.3 is 14.8 Å². The maximum Gasteiger partial charge on any atom is 0.123 e. The van der Waals surface area contributed by atoms with E-state index in [1.807, 2.05) is 30.5 Å². The first kappa shape index (κ1) is 13.6. The van der Waals surface area contributed by atoms with Gasteiger partial charge in [0.05, 0.1) is 6.10 Å². The average molecular weight is 285 g/mol. The van der Waals surface area contributed by atoms with Crippen LogP contribution in [0.3, 0.4) is 0 Å². The van der Waals surface area contributed by atoms with Gasteiger partial charge >= 0.3 is 0 Å². The first-order chi connectivity index (χ1) is 10.2. The second-order valence-corrected chi connectivity index (χ2v) is 5.02. The molecule has 0 fully saturated rings. The lowest BCUT2D eigenvalue weighted by Gasteiger charge is -2.12. The summed E-state index contributed by atoms with van der Waals surface area (Å²) in [5.74, 6) is 0.437. The zero-order valence-corrected chi connectivity index (χ0v) is 11.4. The molecule has 0 aliphatic rings. The smallest absolute Gasteiger partial charge is 0.123 e. The summed E-state index contributed by atoms with van der Waals surface area (Å²) < 4.78 is 18.4. The van der Waals surface area contributed by atoms with E-state index >= 15 is 0 Å². The largest absolute Gasteiger partial charge is 0.491 e. The summed E-state index contributed by atoms with van der Waals surface area (Å²) in [4.78, 5) is 3.11. The van der Waals surface area contributed by atoms with Gasteiger partial charge in [0.15, 0.2) is 0 Å². The molecule has 0 bridgehead atoms. The second kappa shape index (κ2) is 5.97. The van der Waals surface area contributed by atoms with Crippen molar-refractivity contribution < 1.29 is 14.2 Å². The molecule has 0 radical (unpaired) electrons. The molecule has 21 heavy (non-hydrogen) atoms. The lowest BCUT2D eigenvalue weighted by Crippen LogP contribution is -2.20. The molecule has 0 aliphatic heterocycles. The number of hydrogen-bond acceptors (Lipinski definition) is 2. The van der Waals surface area contributed by atoms with Crippen molar-refractivity contribution in [2.75, 3.05) is 6.61 Å². The summed E-state index contributed by atoms with van der Waals surface area (Å²) in [5.41, 5.74) is 1.88. The molecule has 4 heteroatoms. The molecule has 0 amide bonds. The van der Waals surface area contributed by atoms with Crippen molar-refractivity contribution in [3.63, 3.8) is 0 Å². The molecule has 0 spiro atoms. The van der Waals surface area contributed by atoms with E-state index in [1.54, 1.807) is 12.1 Å². The maximum atomic E-state index is 12.8. The standard InChI is InChI=1S/C17H16FNO2/c18-14-4-1-12(2-5-14)9-15(20)11-21-16-6-3-13-7-8-19-17(13)10-16/h1-8,10,15,19-20H,9,11H2. The summed E-state index contributed by atoms with van der Waals surface area (Å²) in [7, 11) is 0. The molecule has 1 atom stereocenters. The Balaban J connectivity index is 1.57. The lowest BCUT2D eigenvalue weighted by molar-refractivity contribution is 0.108. The molecule has 1 unspecified atom stereocenters. The molecule has 0 saturated heterocycles. The summed E-state index contributed by atoms with van der Waals surface area (Å²) in [6, 6.07) is 13.9. The third-order valence-electron chi connectivity index (χ3n) is 3.35. The van der Waals surface area contributed by atoms with Crippen LogP contribution in [0.5, 0.6) is 5.75 Å². The summed E-state index contributed by atoms with van der Waals surface area (Å²) in [5, 5.41) is 11.1. The normalized spacial score (nSPS) is 12.5. The van der Waals surface area contributed by atoms with E-state index in [2.05, 4.69) is 4.98 Å². The Morgan fingerprint density at radius 3 is 2.71 bits per heavy atom. The molecule has 3 aromatic rings.